The van der Waals surface area contributed by atoms with Gasteiger partial charge in [0.15, 0.2) is 28.4 Å². The largest absolute Gasteiger partial charge is 0.394 e. The quantitative estimate of drug-likeness (QED) is 0.334. The summed E-state index contributed by atoms with van der Waals surface area (Å²) in [7, 11) is 0. The molecule has 2 aromatic heterocycles. The van der Waals surface area contributed by atoms with Gasteiger partial charge in [-0.3, -0.25) is 4.57 Å². The van der Waals surface area contributed by atoms with Crippen LogP contribution in [0.2, 0.25) is 5.02 Å². The Kier molecular flexibility index (Phi) is 5.91. The van der Waals surface area contributed by atoms with Crippen molar-refractivity contribution >= 4 is 40.3 Å². The van der Waals surface area contributed by atoms with Gasteiger partial charge in [0.05, 0.1) is 12.9 Å². The standard InChI is InChI=1S/C18H20ClN5O4S/c1-29-18-22-15(20-6-9-3-2-4-10(19)5-9)12-16(23-18)24(8-21-12)17-14(27)13(26)11(7-25)28-17/h2-5,8,11,13-14,17,25-27H,6-7H2,1H3,(H,20,22,23)/t11-,13-,14-,17-/m1/s1. The molecule has 0 spiro atoms. The van der Waals surface area contributed by atoms with Crippen LogP contribution in [0.1, 0.15) is 11.8 Å². The first-order valence-electron chi connectivity index (χ1n) is 8.91. The van der Waals surface area contributed by atoms with Crippen LogP contribution in [0.4, 0.5) is 5.82 Å². The van der Waals surface area contributed by atoms with Gasteiger partial charge in [-0.05, 0) is 24.0 Å². The molecular weight excluding hydrogens is 418 g/mol. The highest BCUT2D eigenvalue weighted by Crippen LogP contribution is 2.33. The normalized spacial score (nSPS) is 24.3. The number of hydrogen-bond donors (Lipinski definition) is 4. The molecule has 0 unspecified atom stereocenters. The molecule has 3 aromatic rings. The minimum absolute atomic E-state index is 0.404. The number of imidazole rings is 1. The van der Waals surface area contributed by atoms with Crippen molar-refractivity contribution in [2.24, 2.45) is 0 Å². The molecule has 4 atom stereocenters. The predicted molar refractivity (Wildman–Crippen MR) is 109 cm³/mol. The Balaban J connectivity index is 1.68. The summed E-state index contributed by atoms with van der Waals surface area (Å²) >= 11 is 7.41. The number of thioether (sulfide) groups is 1. The molecule has 0 radical (unpaired) electrons. The van der Waals surface area contributed by atoms with E-state index in [2.05, 4.69) is 20.3 Å². The fraction of sp³-hybridized carbons (Fsp3) is 0.389. The van der Waals surface area contributed by atoms with Crippen LogP contribution in [-0.2, 0) is 11.3 Å². The van der Waals surface area contributed by atoms with Crippen LogP contribution in [0.3, 0.4) is 0 Å². The third-order valence-electron chi connectivity index (χ3n) is 4.72. The SMILES string of the molecule is CSc1nc(NCc2cccc(Cl)c2)c2ncn([C@@H]3O[C@H](CO)[C@@H](O)[C@H]3O)c2n1. The van der Waals surface area contributed by atoms with Crippen molar-refractivity contribution in [3.05, 3.63) is 41.2 Å². The lowest BCUT2D eigenvalue weighted by Gasteiger charge is -2.17. The summed E-state index contributed by atoms with van der Waals surface area (Å²) in [5, 5.41) is 34.2. The van der Waals surface area contributed by atoms with Crippen LogP contribution in [0.15, 0.2) is 35.7 Å². The van der Waals surface area contributed by atoms with E-state index < -0.39 is 31.1 Å². The van der Waals surface area contributed by atoms with Gasteiger partial charge in [-0.15, -0.1) is 0 Å². The third kappa shape index (κ3) is 3.91. The number of aliphatic hydroxyl groups excluding tert-OH is 3. The van der Waals surface area contributed by atoms with Crippen molar-refractivity contribution in [3.63, 3.8) is 0 Å². The average Bonchev–Trinajstić information content (AvgIpc) is 3.27. The number of hydrogen-bond acceptors (Lipinski definition) is 9. The zero-order chi connectivity index (χ0) is 20.5. The summed E-state index contributed by atoms with van der Waals surface area (Å²) in [5.41, 5.74) is 1.94. The highest BCUT2D eigenvalue weighted by molar-refractivity contribution is 7.98. The van der Waals surface area contributed by atoms with Gasteiger partial charge in [0.25, 0.3) is 0 Å². The second kappa shape index (κ2) is 8.42. The zero-order valence-electron chi connectivity index (χ0n) is 15.4. The first-order valence-corrected chi connectivity index (χ1v) is 10.5. The lowest BCUT2D eigenvalue weighted by atomic mass is 10.1. The van der Waals surface area contributed by atoms with Crippen molar-refractivity contribution in [2.75, 3.05) is 18.2 Å². The maximum absolute atomic E-state index is 10.4. The first-order chi connectivity index (χ1) is 14.0. The number of ether oxygens (including phenoxy) is 1. The van der Waals surface area contributed by atoms with Gasteiger partial charge in [0.2, 0.25) is 0 Å². The second-order valence-corrected chi connectivity index (χ2v) is 7.81. The number of nitrogens with zero attached hydrogens (tertiary/aromatic N) is 4. The Hall–Kier alpha value is -1.95. The topological polar surface area (TPSA) is 126 Å². The van der Waals surface area contributed by atoms with E-state index in [0.717, 1.165) is 5.56 Å². The van der Waals surface area contributed by atoms with Crippen molar-refractivity contribution < 1.29 is 20.1 Å². The summed E-state index contributed by atoms with van der Waals surface area (Å²) in [5.74, 6) is 0.532. The van der Waals surface area contributed by atoms with E-state index in [1.807, 2.05) is 30.5 Å². The maximum Gasteiger partial charge on any atom is 0.191 e. The summed E-state index contributed by atoms with van der Waals surface area (Å²) in [6.45, 7) is 0.0834. The molecule has 1 aromatic carbocycles. The van der Waals surface area contributed by atoms with Crippen LogP contribution >= 0.6 is 23.4 Å². The minimum atomic E-state index is -1.22. The van der Waals surface area contributed by atoms with Crippen molar-refractivity contribution in [1.29, 1.82) is 0 Å². The molecule has 0 bridgehead atoms. The number of rotatable bonds is 6. The van der Waals surface area contributed by atoms with E-state index in [1.54, 1.807) is 4.57 Å². The van der Waals surface area contributed by atoms with Gasteiger partial charge in [-0.2, -0.15) is 0 Å². The molecule has 154 valence electrons. The van der Waals surface area contributed by atoms with Crippen molar-refractivity contribution in [2.45, 2.75) is 36.2 Å². The highest BCUT2D eigenvalue weighted by Gasteiger charge is 2.44. The Morgan fingerprint density at radius 2 is 2.10 bits per heavy atom. The van der Waals surface area contributed by atoms with E-state index in [-0.39, 0.29) is 0 Å². The molecule has 1 fully saturated rings. The fourth-order valence-electron chi connectivity index (χ4n) is 3.24. The van der Waals surface area contributed by atoms with E-state index in [4.69, 9.17) is 16.3 Å². The molecule has 4 rings (SSSR count). The monoisotopic (exact) mass is 437 g/mol. The maximum atomic E-state index is 10.4. The van der Waals surface area contributed by atoms with E-state index in [9.17, 15) is 15.3 Å². The fourth-order valence-corrected chi connectivity index (χ4v) is 3.81. The molecule has 29 heavy (non-hydrogen) atoms. The van der Waals surface area contributed by atoms with Crippen LogP contribution in [0.25, 0.3) is 11.2 Å². The second-order valence-electron chi connectivity index (χ2n) is 6.60. The number of halogens is 1. The first kappa shape index (κ1) is 20.3. The number of aromatic nitrogens is 4. The molecule has 0 saturated carbocycles. The molecular formula is C18H20ClN5O4S. The van der Waals surface area contributed by atoms with Gasteiger partial charge in [-0.25, -0.2) is 15.0 Å². The van der Waals surface area contributed by atoms with Gasteiger partial charge in [0.1, 0.15) is 18.3 Å². The smallest absolute Gasteiger partial charge is 0.191 e. The molecule has 3 heterocycles. The van der Waals surface area contributed by atoms with E-state index in [1.165, 1.54) is 18.1 Å². The molecule has 0 amide bonds. The summed E-state index contributed by atoms with van der Waals surface area (Å²) in [4.78, 5) is 13.4. The summed E-state index contributed by atoms with van der Waals surface area (Å²) in [6.07, 6.45) is -0.888. The van der Waals surface area contributed by atoms with Crippen molar-refractivity contribution in [3.8, 4) is 0 Å². The minimum Gasteiger partial charge on any atom is -0.394 e. The zero-order valence-corrected chi connectivity index (χ0v) is 17.0. The van der Waals surface area contributed by atoms with Crippen LogP contribution in [-0.4, -0.2) is 66.0 Å². The molecule has 1 aliphatic heterocycles. The van der Waals surface area contributed by atoms with Gasteiger partial charge < -0.3 is 25.4 Å². The number of aliphatic hydroxyl groups is 3. The number of nitrogens with one attached hydrogen (secondary N) is 1. The van der Waals surface area contributed by atoms with Crippen molar-refractivity contribution in [1.82, 2.24) is 19.5 Å². The third-order valence-corrected chi connectivity index (χ3v) is 5.51. The Labute approximate surface area is 175 Å². The van der Waals surface area contributed by atoms with Crippen LogP contribution in [0, 0.1) is 0 Å². The molecule has 4 N–H and O–H groups in total. The Bertz CT molecular complexity index is 1020. The van der Waals surface area contributed by atoms with Crippen LogP contribution in [0.5, 0.6) is 0 Å². The van der Waals surface area contributed by atoms with Crippen LogP contribution < -0.4 is 5.32 Å². The molecule has 9 nitrogen and oxygen atoms in total. The molecule has 0 aliphatic carbocycles. The Morgan fingerprint density at radius 3 is 2.79 bits per heavy atom. The number of anilines is 1. The van der Waals surface area contributed by atoms with Gasteiger partial charge in [0, 0.05) is 11.6 Å². The lowest BCUT2D eigenvalue weighted by molar-refractivity contribution is -0.0511. The predicted octanol–water partition coefficient (Wildman–Crippen LogP) is 1.43. The summed E-state index contributed by atoms with van der Waals surface area (Å²) < 4.78 is 7.16. The average molecular weight is 438 g/mol. The van der Waals surface area contributed by atoms with E-state index >= 15 is 0 Å². The molecule has 1 aliphatic rings. The lowest BCUT2D eigenvalue weighted by Crippen LogP contribution is -2.33. The Morgan fingerprint density at radius 1 is 1.28 bits per heavy atom. The van der Waals surface area contributed by atoms with E-state index in [0.29, 0.717) is 33.7 Å². The molecule has 11 heteroatoms. The van der Waals surface area contributed by atoms with Gasteiger partial charge in [-0.1, -0.05) is 35.5 Å². The van der Waals surface area contributed by atoms with Gasteiger partial charge >= 0.3 is 0 Å². The number of benzene rings is 1. The number of fused-ring (bicyclic) bond motifs is 1. The molecule has 1 saturated heterocycles. The summed E-state index contributed by atoms with van der Waals surface area (Å²) in [6, 6.07) is 7.49. The highest BCUT2D eigenvalue weighted by atomic mass is 35.5.